The number of nitrogens with zero attached hydrogens (tertiary/aromatic N) is 1. The molecule has 0 bridgehead atoms. The fraction of sp³-hybridized carbons (Fsp3) is 0.250. The van der Waals surface area contributed by atoms with Crippen molar-refractivity contribution in [1.82, 2.24) is 5.32 Å². The summed E-state index contributed by atoms with van der Waals surface area (Å²) < 4.78 is 38.3. The van der Waals surface area contributed by atoms with Gasteiger partial charge in [-0.25, -0.2) is 0 Å². The van der Waals surface area contributed by atoms with Crippen LogP contribution in [0.3, 0.4) is 0 Å². The van der Waals surface area contributed by atoms with E-state index in [1.54, 1.807) is 0 Å². The Balaban J connectivity index is 1.52. The summed E-state index contributed by atoms with van der Waals surface area (Å²) in [5.74, 6) is -0.879. The second kappa shape index (κ2) is 9.13. The van der Waals surface area contributed by atoms with Crippen LogP contribution in [0, 0.1) is 0 Å². The number of amides is 2. The van der Waals surface area contributed by atoms with E-state index in [9.17, 15) is 22.8 Å². The van der Waals surface area contributed by atoms with E-state index in [1.165, 1.54) is 12.1 Å². The number of thioether (sulfide) groups is 1. The first-order chi connectivity index (χ1) is 13.8. The van der Waals surface area contributed by atoms with E-state index in [0.717, 1.165) is 35.9 Å². The van der Waals surface area contributed by atoms with E-state index < -0.39 is 22.9 Å². The number of anilines is 1. The molecule has 1 saturated heterocycles. The number of benzene rings is 2. The first kappa shape index (κ1) is 20.9. The van der Waals surface area contributed by atoms with Crippen LogP contribution in [0.2, 0.25) is 0 Å². The van der Waals surface area contributed by atoms with Gasteiger partial charge < -0.3 is 10.6 Å². The topological polar surface area (TPSA) is 70.6 Å². The maximum Gasteiger partial charge on any atom is 0.416 e. The quantitative estimate of drug-likeness (QED) is 0.744. The fourth-order valence-corrected chi connectivity index (χ4v) is 3.70. The highest BCUT2D eigenvalue weighted by molar-refractivity contribution is 8.15. The maximum absolute atomic E-state index is 12.8. The molecule has 0 radical (unpaired) electrons. The summed E-state index contributed by atoms with van der Waals surface area (Å²) >= 11 is 1.15. The number of rotatable bonds is 6. The van der Waals surface area contributed by atoms with E-state index in [4.69, 9.17) is 0 Å². The predicted molar refractivity (Wildman–Crippen MR) is 107 cm³/mol. The molecule has 29 heavy (non-hydrogen) atoms. The number of alkyl halides is 3. The van der Waals surface area contributed by atoms with E-state index in [-0.39, 0.29) is 18.0 Å². The zero-order valence-electron chi connectivity index (χ0n) is 15.2. The maximum atomic E-state index is 12.8. The van der Waals surface area contributed by atoms with Gasteiger partial charge in [0.15, 0.2) is 5.17 Å². The number of halogens is 3. The minimum absolute atomic E-state index is 0.0324. The average molecular weight is 421 g/mol. The van der Waals surface area contributed by atoms with Crippen LogP contribution < -0.4 is 10.6 Å². The standard InChI is InChI=1S/C20H18F3N3O2S/c21-20(22,23)14-7-4-8-15(11-14)25-17(27)12-16-18(28)26-19(29-16)24-10-9-13-5-2-1-3-6-13/h1-8,11,16H,9-10,12H2,(H,25,27)(H,24,26,28)/t16-/m0/s1. The molecular formula is C20H18F3N3O2S. The van der Waals surface area contributed by atoms with Crippen molar-refractivity contribution in [3.05, 3.63) is 65.7 Å². The Morgan fingerprint density at radius 3 is 2.62 bits per heavy atom. The van der Waals surface area contributed by atoms with Crippen molar-refractivity contribution in [3.8, 4) is 0 Å². The van der Waals surface area contributed by atoms with Crippen molar-refractivity contribution < 1.29 is 22.8 Å². The van der Waals surface area contributed by atoms with Gasteiger partial charge in [-0.1, -0.05) is 48.2 Å². The molecule has 0 spiro atoms. The van der Waals surface area contributed by atoms with Crippen LogP contribution in [0.25, 0.3) is 0 Å². The first-order valence-corrected chi connectivity index (χ1v) is 9.72. The Labute approximate surface area is 169 Å². The van der Waals surface area contributed by atoms with Crippen LogP contribution in [-0.4, -0.2) is 28.8 Å². The minimum atomic E-state index is -4.49. The summed E-state index contributed by atoms with van der Waals surface area (Å²) in [4.78, 5) is 28.5. The molecule has 152 valence electrons. The number of aliphatic imine (C=N–C) groups is 1. The number of carbonyl (C=O) groups is 2. The van der Waals surface area contributed by atoms with Gasteiger partial charge in [0.1, 0.15) is 5.25 Å². The van der Waals surface area contributed by atoms with Crippen molar-refractivity contribution >= 4 is 34.4 Å². The van der Waals surface area contributed by atoms with Crippen molar-refractivity contribution in [2.45, 2.75) is 24.3 Å². The Morgan fingerprint density at radius 2 is 1.90 bits per heavy atom. The van der Waals surface area contributed by atoms with Gasteiger partial charge in [-0.2, -0.15) is 13.2 Å². The zero-order chi connectivity index (χ0) is 20.9. The third-order valence-corrected chi connectivity index (χ3v) is 5.24. The minimum Gasteiger partial charge on any atom is -0.326 e. The van der Waals surface area contributed by atoms with Crippen LogP contribution in [0.1, 0.15) is 17.5 Å². The molecule has 0 aliphatic carbocycles. The van der Waals surface area contributed by atoms with Gasteiger partial charge in [0.2, 0.25) is 11.8 Å². The molecule has 3 rings (SSSR count). The molecule has 5 nitrogen and oxygen atoms in total. The lowest BCUT2D eigenvalue weighted by Crippen LogP contribution is -2.28. The lowest BCUT2D eigenvalue weighted by Gasteiger charge is -2.10. The summed E-state index contributed by atoms with van der Waals surface area (Å²) in [5, 5.41) is 4.82. The highest BCUT2D eigenvalue weighted by atomic mass is 32.2. The highest BCUT2D eigenvalue weighted by Gasteiger charge is 2.33. The molecule has 1 aliphatic rings. The first-order valence-electron chi connectivity index (χ1n) is 8.84. The van der Waals surface area contributed by atoms with Crippen LogP contribution in [0.15, 0.2) is 59.6 Å². The molecule has 2 aromatic rings. The fourth-order valence-electron chi connectivity index (χ4n) is 2.70. The number of carbonyl (C=O) groups excluding carboxylic acids is 2. The predicted octanol–water partition coefficient (Wildman–Crippen LogP) is 3.86. The molecule has 2 amide bonds. The summed E-state index contributed by atoms with van der Waals surface area (Å²) in [7, 11) is 0. The normalized spacial score (nSPS) is 18.0. The summed E-state index contributed by atoms with van der Waals surface area (Å²) in [6, 6.07) is 14.1. The van der Waals surface area contributed by atoms with E-state index in [1.807, 2.05) is 30.3 Å². The molecule has 0 aromatic heterocycles. The molecule has 0 unspecified atom stereocenters. The highest BCUT2D eigenvalue weighted by Crippen LogP contribution is 2.31. The smallest absolute Gasteiger partial charge is 0.326 e. The molecule has 1 atom stereocenters. The van der Waals surface area contributed by atoms with Crippen molar-refractivity contribution in [1.29, 1.82) is 0 Å². The average Bonchev–Trinajstić information content (AvgIpc) is 3.01. The van der Waals surface area contributed by atoms with Crippen LogP contribution in [-0.2, 0) is 22.2 Å². The lowest BCUT2D eigenvalue weighted by molar-refractivity contribution is -0.137. The van der Waals surface area contributed by atoms with Crippen molar-refractivity contribution in [3.63, 3.8) is 0 Å². The van der Waals surface area contributed by atoms with Gasteiger partial charge in [-0.15, -0.1) is 0 Å². The van der Waals surface area contributed by atoms with Gasteiger partial charge in [0, 0.05) is 18.7 Å². The second-order valence-corrected chi connectivity index (χ2v) is 7.54. The Bertz CT molecular complexity index is 917. The largest absolute Gasteiger partial charge is 0.416 e. The molecule has 1 fully saturated rings. The van der Waals surface area contributed by atoms with Gasteiger partial charge in [0.05, 0.1) is 5.56 Å². The molecule has 2 aromatic carbocycles. The van der Waals surface area contributed by atoms with Gasteiger partial charge in [-0.05, 0) is 30.2 Å². The van der Waals surface area contributed by atoms with Crippen LogP contribution in [0.4, 0.5) is 18.9 Å². The zero-order valence-corrected chi connectivity index (χ0v) is 16.0. The molecule has 1 heterocycles. The Kier molecular flexibility index (Phi) is 6.58. The Hall–Kier alpha value is -2.81. The van der Waals surface area contributed by atoms with E-state index in [0.29, 0.717) is 11.7 Å². The summed E-state index contributed by atoms with van der Waals surface area (Å²) in [5.41, 5.74) is 0.310. The Morgan fingerprint density at radius 1 is 1.14 bits per heavy atom. The lowest BCUT2D eigenvalue weighted by atomic mass is 10.2. The van der Waals surface area contributed by atoms with Crippen LogP contribution >= 0.6 is 11.8 Å². The third kappa shape index (κ3) is 6.08. The second-order valence-electron chi connectivity index (χ2n) is 6.35. The van der Waals surface area contributed by atoms with Gasteiger partial charge in [0.25, 0.3) is 0 Å². The van der Waals surface area contributed by atoms with Gasteiger partial charge >= 0.3 is 6.18 Å². The summed E-state index contributed by atoms with van der Waals surface area (Å²) in [6.07, 6.45) is -3.93. The van der Waals surface area contributed by atoms with E-state index in [2.05, 4.69) is 15.6 Å². The number of amidine groups is 1. The van der Waals surface area contributed by atoms with E-state index >= 15 is 0 Å². The SMILES string of the molecule is O=C(C[C@@H]1SC(=NCCc2ccccc2)NC1=O)Nc1cccc(C(F)(F)F)c1. The van der Waals surface area contributed by atoms with Crippen molar-refractivity contribution in [2.75, 3.05) is 11.9 Å². The molecule has 0 saturated carbocycles. The van der Waals surface area contributed by atoms with Gasteiger partial charge in [-0.3, -0.25) is 14.6 Å². The molecule has 2 N–H and O–H groups in total. The summed E-state index contributed by atoms with van der Waals surface area (Å²) in [6.45, 7) is 0.496. The molecule has 1 aliphatic heterocycles. The number of hydrogen-bond donors (Lipinski definition) is 2. The number of hydrogen-bond acceptors (Lipinski definition) is 4. The van der Waals surface area contributed by atoms with Crippen molar-refractivity contribution in [2.24, 2.45) is 4.99 Å². The molecule has 9 heteroatoms. The third-order valence-electron chi connectivity index (χ3n) is 4.12. The number of nitrogens with one attached hydrogen (secondary N) is 2. The van der Waals surface area contributed by atoms with Crippen LogP contribution in [0.5, 0.6) is 0 Å². The molecular weight excluding hydrogens is 403 g/mol. The monoisotopic (exact) mass is 421 g/mol.